The fraction of sp³-hybridized carbons (Fsp3) is 0.294. The first kappa shape index (κ1) is 13.8. The number of hydrogen-bond donors (Lipinski definition) is 0. The smallest absolute Gasteiger partial charge is 0.331 e. The van der Waals surface area contributed by atoms with E-state index in [1.807, 2.05) is 18.2 Å². The molecule has 0 unspecified atom stereocenters. The van der Waals surface area contributed by atoms with Gasteiger partial charge in [0.1, 0.15) is 0 Å². The standard InChI is InChI=1S/C17H17NO3/c1-2-21-16(19)10-13-11-20-9-7-12-5-6-15-14(17(12)13)4-3-8-18-15/h3-6,8,10H,2,7,9,11H2,1H3/b13-10+. The third kappa shape index (κ3) is 2.81. The molecule has 4 nitrogen and oxygen atoms in total. The fourth-order valence-electron chi connectivity index (χ4n) is 2.66. The maximum atomic E-state index is 11.8. The van der Waals surface area contributed by atoms with Crippen LogP contribution in [0.2, 0.25) is 0 Å². The number of hydrogen-bond acceptors (Lipinski definition) is 4. The van der Waals surface area contributed by atoms with Gasteiger partial charge < -0.3 is 9.47 Å². The van der Waals surface area contributed by atoms with Gasteiger partial charge in [0.05, 0.1) is 25.3 Å². The normalized spacial score (nSPS) is 16.5. The third-order valence-electron chi connectivity index (χ3n) is 3.54. The Morgan fingerprint density at radius 3 is 3.19 bits per heavy atom. The largest absolute Gasteiger partial charge is 0.463 e. The minimum Gasteiger partial charge on any atom is -0.463 e. The molecule has 0 aliphatic carbocycles. The summed E-state index contributed by atoms with van der Waals surface area (Å²) in [5, 5.41) is 1.05. The first-order valence-electron chi connectivity index (χ1n) is 7.11. The molecule has 1 aliphatic rings. The zero-order valence-electron chi connectivity index (χ0n) is 12.0. The van der Waals surface area contributed by atoms with Crippen molar-refractivity contribution in [2.75, 3.05) is 19.8 Å². The van der Waals surface area contributed by atoms with Crippen LogP contribution in [0.15, 0.2) is 36.5 Å². The zero-order chi connectivity index (χ0) is 14.7. The summed E-state index contributed by atoms with van der Waals surface area (Å²) in [4.78, 5) is 16.2. The molecule has 0 amide bonds. The maximum absolute atomic E-state index is 11.8. The van der Waals surface area contributed by atoms with Crippen LogP contribution in [0, 0.1) is 0 Å². The van der Waals surface area contributed by atoms with Gasteiger partial charge in [0, 0.05) is 17.7 Å². The van der Waals surface area contributed by atoms with E-state index in [1.165, 1.54) is 5.56 Å². The van der Waals surface area contributed by atoms with E-state index >= 15 is 0 Å². The lowest BCUT2D eigenvalue weighted by atomic mass is 9.94. The van der Waals surface area contributed by atoms with Crippen molar-refractivity contribution in [3.8, 4) is 0 Å². The number of esters is 1. The topological polar surface area (TPSA) is 48.4 Å². The summed E-state index contributed by atoms with van der Waals surface area (Å²) in [7, 11) is 0. The van der Waals surface area contributed by atoms with E-state index in [-0.39, 0.29) is 5.97 Å². The summed E-state index contributed by atoms with van der Waals surface area (Å²) in [5.41, 5.74) is 4.03. The van der Waals surface area contributed by atoms with Gasteiger partial charge in [0.2, 0.25) is 0 Å². The van der Waals surface area contributed by atoms with Crippen molar-refractivity contribution in [1.29, 1.82) is 0 Å². The van der Waals surface area contributed by atoms with Crippen LogP contribution in [0.1, 0.15) is 18.1 Å². The monoisotopic (exact) mass is 283 g/mol. The van der Waals surface area contributed by atoms with Crippen LogP contribution in [0.3, 0.4) is 0 Å². The predicted octanol–water partition coefficient (Wildman–Crippen LogP) is 2.75. The van der Waals surface area contributed by atoms with Gasteiger partial charge in [0.15, 0.2) is 0 Å². The number of rotatable bonds is 2. The van der Waals surface area contributed by atoms with Gasteiger partial charge in [-0.1, -0.05) is 12.1 Å². The summed E-state index contributed by atoms with van der Waals surface area (Å²) >= 11 is 0. The fourth-order valence-corrected chi connectivity index (χ4v) is 2.66. The lowest BCUT2D eigenvalue weighted by Gasteiger charge is -2.11. The quantitative estimate of drug-likeness (QED) is 0.628. The van der Waals surface area contributed by atoms with Crippen LogP contribution in [0.4, 0.5) is 0 Å². The zero-order valence-corrected chi connectivity index (χ0v) is 12.0. The van der Waals surface area contributed by atoms with E-state index in [4.69, 9.17) is 9.47 Å². The van der Waals surface area contributed by atoms with Crippen molar-refractivity contribution >= 4 is 22.4 Å². The molecule has 2 aromatic rings. The van der Waals surface area contributed by atoms with E-state index in [2.05, 4.69) is 11.1 Å². The van der Waals surface area contributed by atoms with Crippen LogP contribution in [0.5, 0.6) is 0 Å². The van der Waals surface area contributed by atoms with Crippen LogP contribution in [-0.4, -0.2) is 30.8 Å². The van der Waals surface area contributed by atoms with Crippen LogP contribution >= 0.6 is 0 Å². The van der Waals surface area contributed by atoms with Crippen LogP contribution < -0.4 is 0 Å². The first-order valence-corrected chi connectivity index (χ1v) is 7.11. The number of aromatic nitrogens is 1. The Morgan fingerprint density at radius 1 is 1.43 bits per heavy atom. The summed E-state index contributed by atoms with van der Waals surface area (Å²) in [6.07, 6.45) is 4.15. The molecule has 108 valence electrons. The second-order valence-corrected chi connectivity index (χ2v) is 4.89. The van der Waals surface area contributed by atoms with Gasteiger partial charge in [-0.2, -0.15) is 0 Å². The Morgan fingerprint density at radius 2 is 2.33 bits per heavy atom. The number of ether oxygens (including phenoxy) is 2. The highest BCUT2D eigenvalue weighted by Crippen LogP contribution is 2.30. The predicted molar refractivity (Wildman–Crippen MR) is 80.9 cm³/mol. The third-order valence-corrected chi connectivity index (χ3v) is 3.54. The van der Waals surface area contributed by atoms with Crippen LogP contribution in [-0.2, 0) is 20.7 Å². The molecule has 0 saturated heterocycles. The lowest BCUT2D eigenvalue weighted by molar-refractivity contribution is -0.137. The molecule has 0 fully saturated rings. The molecule has 4 heteroatoms. The van der Waals surface area contributed by atoms with Crippen LogP contribution in [0.25, 0.3) is 16.5 Å². The van der Waals surface area contributed by atoms with Crippen molar-refractivity contribution in [2.24, 2.45) is 0 Å². The molecule has 0 radical (unpaired) electrons. The SMILES string of the molecule is CCOC(=O)/C=C1\COCCc2ccc3ncccc3c21. The van der Waals surface area contributed by atoms with E-state index in [9.17, 15) is 4.79 Å². The number of carbonyl (C=O) groups is 1. The molecule has 0 spiro atoms. The molecular weight excluding hydrogens is 266 g/mol. The first-order chi connectivity index (χ1) is 10.3. The molecule has 21 heavy (non-hydrogen) atoms. The van der Waals surface area contributed by atoms with Gasteiger partial charge in [-0.15, -0.1) is 0 Å². The van der Waals surface area contributed by atoms with Crippen molar-refractivity contribution < 1.29 is 14.3 Å². The van der Waals surface area contributed by atoms with E-state index in [0.29, 0.717) is 19.8 Å². The summed E-state index contributed by atoms with van der Waals surface area (Å²) in [5.74, 6) is -0.329. The van der Waals surface area contributed by atoms with E-state index in [1.54, 1.807) is 19.2 Å². The molecule has 0 N–H and O–H groups in total. The highest BCUT2D eigenvalue weighted by Gasteiger charge is 2.17. The molecule has 2 heterocycles. The number of benzene rings is 1. The van der Waals surface area contributed by atoms with Gasteiger partial charge in [-0.05, 0) is 42.2 Å². The molecule has 0 saturated carbocycles. The summed E-state index contributed by atoms with van der Waals surface area (Å²) in [6.45, 7) is 3.24. The van der Waals surface area contributed by atoms with E-state index < -0.39 is 0 Å². The van der Waals surface area contributed by atoms with Crippen molar-refractivity contribution in [1.82, 2.24) is 4.98 Å². The lowest BCUT2D eigenvalue weighted by Crippen LogP contribution is -2.04. The number of pyridine rings is 1. The molecular formula is C17H17NO3. The molecule has 1 aromatic heterocycles. The van der Waals surface area contributed by atoms with Crippen molar-refractivity contribution in [2.45, 2.75) is 13.3 Å². The Bertz CT molecular complexity index is 706. The Kier molecular flexibility index (Phi) is 3.97. The second kappa shape index (κ2) is 6.06. The van der Waals surface area contributed by atoms with E-state index in [0.717, 1.165) is 28.5 Å². The summed E-state index contributed by atoms with van der Waals surface area (Å²) < 4.78 is 10.6. The molecule has 0 bridgehead atoms. The average molecular weight is 283 g/mol. The minimum atomic E-state index is -0.329. The minimum absolute atomic E-state index is 0.329. The van der Waals surface area contributed by atoms with Gasteiger partial charge in [0.25, 0.3) is 0 Å². The van der Waals surface area contributed by atoms with Gasteiger partial charge >= 0.3 is 5.97 Å². The highest BCUT2D eigenvalue weighted by molar-refractivity contribution is 5.99. The number of nitrogens with zero attached hydrogens (tertiary/aromatic N) is 1. The van der Waals surface area contributed by atoms with Crippen molar-refractivity contribution in [3.05, 3.63) is 47.7 Å². The van der Waals surface area contributed by atoms with Crippen molar-refractivity contribution in [3.63, 3.8) is 0 Å². The maximum Gasteiger partial charge on any atom is 0.331 e. The van der Waals surface area contributed by atoms with Gasteiger partial charge in [-0.3, -0.25) is 4.98 Å². The molecule has 1 aromatic carbocycles. The number of fused-ring (bicyclic) bond motifs is 3. The molecule has 1 aliphatic heterocycles. The average Bonchev–Trinajstić information content (AvgIpc) is 2.70. The van der Waals surface area contributed by atoms with Gasteiger partial charge in [-0.25, -0.2) is 4.79 Å². The molecule has 3 rings (SSSR count). The Labute approximate surface area is 123 Å². The number of carbonyl (C=O) groups excluding carboxylic acids is 1. The Balaban J connectivity index is 2.17. The highest BCUT2D eigenvalue weighted by atomic mass is 16.5. The Hall–Kier alpha value is -2.20. The summed E-state index contributed by atoms with van der Waals surface area (Å²) in [6, 6.07) is 8.03. The second-order valence-electron chi connectivity index (χ2n) is 4.89. The molecule has 0 atom stereocenters.